The highest BCUT2D eigenvalue weighted by Gasteiger charge is 2.34. The molecular formula is C30H41N3O8P+. The van der Waals surface area contributed by atoms with Crippen LogP contribution < -0.4 is 10.6 Å². The van der Waals surface area contributed by atoms with Gasteiger partial charge in [0, 0.05) is 0 Å². The minimum Gasteiger partial charge on any atom is -0.481 e. The van der Waals surface area contributed by atoms with E-state index in [9.17, 15) is 24.1 Å². The fourth-order valence-electron chi connectivity index (χ4n) is 3.72. The monoisotopic (exact) mass is 602 g/mol. The largest absolute Gasteiger partial charge is 0.509 e. The summed E-state index contributed by atoms with van der Waals surface area (Å²) in [7, 11) is -2.29. The average Bonchev–Trinajstić information content (AvgIpc) is 2.85. The van der Waals surface area contributed by atoms with E-state index < -0.39 is 49.3 Å². The molecule has 0 heterocycles. The minimum atomic E-state index is -2.29. The molecular weight excluding hydrogens is 561 g/mol. The van der Waals surface area contributed by atoms with Crippen LogP contribution in [0.25, 0.3) is 0 Å². The summed E-state index contributed by atoms with van der Waals surface area (Å²) in [6, 6.07) is 15.9. The Bertz CT molecular complexity index is 1270. The molecule has 11 nitrogen and oxygen atoms in total. The molecule has 0 saturated carbocycles. The van der Waals surface area contributed by atoms with E-state index >= 15 is 0 Å². The lowest BCUT2D eigenvalue weighted by Gasteiger charge is -2.27. The number of nitrogens with two attached hydrogens (primary N) is 1. The van der Waals surface area contributed by atoms with E-state index in [0.29, 0.717) is 6.42 Å². The van der Waals surface area contributed by atoms with Gasteiger partial charge in [-0.05, 0) is 88.6 Å². The number of amides is 2. The summed E-state index contributed by atoms with van der Waals surface area (Å²) in [5.74, 6) is -2.96. The molecule has 2 aromatic carbocycles. The number of carbonyl (C=O) groups excluding carboxylic acids is 2. The second kappa shape index (κ2) is 15.4. The highest BCUT2D eigenvalue weighted by molar-refractivity contribution is 7.39. The Hall–Kier alpha value is -3.82. The Balaban J connectivity index is 2.20. The van der Waals surface area contributed by atoms with Gasteiger partial charge in [-0.2, -0.15) is 0 Å². The van der Waals surface area contributed by atoms with Crippen molar-refractivity contribution in [2.45, 2.75) is 77.9 Å². The topological polar surface area (TPSA) is 158 Å². The third-order valence-corrected chi connectivity index (χ3v) is 6.64. The predicted octanol–water partition coefficient (Wildman–Crippen LogP) is 6.63. The van der Waals surface area contributed by atoms with Crippen molar-refractivity contribution >= 4 is 37.8 Å². The summed E-state index contributed by atoms with van der Waals surface area (Å²) in [6.07, 6.45) is 0.127. The summed E-state index contributed by atoms with van der Waals surface area (Å²) in [5.41, 5.74) is 5.83. The van der Waals surface area contributed by atoms with Crippen molar-refractivity contribution < 1.29 is 38.1 Å². The zero-order chi connectivity index (χ0) is 31.5. The number of hydrogen-bond donors (Lipinski definition) is 2. The normalized spacial score (nSPS) is 13.2. The minimum absolute atomic E-state index is 0.0925. The second-order valence-corrected chi connectivity index (χ2v) is 12.8. The van der Waals surface area contributed by atoms with Gasteiger partial charge in [-0.3, -0.25) is 4.79 Å². The van der Waals surface area contributed by atoms with Crippen LogP contribution in [0.5, 0.6) is 0 Å². The molecule has 2 unspecified atom stereocenters. The summed E-state index contributed by atoms with van der Waals surface area (Å²) in [6.45, 7) is 10.1. The van der Waals surface area contributed by atoms with E-state index in [2.05, 4.69) is 4.99 Å². The van der Waals surface area contributed by atoms with Gasteiger partial charge in [0.15, 0.2) is 6.16 Å². The number of aryl methyl sites for hydroxylation is 1. The van der Waals surface area contributed by atoms with Crippen molar-refractivity contribution in [2.24, 2.45) is 10.7 Å². The summed E-state index contributed by atoms with van der Waals surface area (Å²) >= 11 is 0. The molecule has 0 radical (unpaired) electrons. The number of hydrogen-bond acceptors (Lipinski definition) is 7. The number of aliphatic carboxylic acids is 1. The van der Waals surface area contributed by atoms with Crippen molar-refractivity contribution in [3.63, 3.8) is 0 Å². The second-order valence-electron chi connectivity index (χ2n) is 11.5. The van der Waals surface area contributed by atoms with Gasteiger partial charge in [0.25, 0.3) is 0 Å². The lowest BCUT2D eigenvalue weighted by molar-refractivity contribution is -0.138. The van der Waals surface area contributed by atoms with Gasteiger partial charge < -0.3 is 20.3 Å². The van der Waals surface area contributed by atoms with Crippen LogP contribution in [0.1, 0.15) is 71.4 Å². The Kier molecular flexibility index (Phi) is 12.6. The van der Waals surface area contributed by atoms with Crippen LogP contribution in [0.4, 0.5) is 15.3 Å². The molecule has 2 amide bonds. The standard InChI is InChI=1S/C30H40N3O8P/c1-29(2,3)40-27(36)32-26(31)33(28(37)41-30(4,5)6)23-17-12-16-22(19-23)24(25(34)35)20-42(38)39-18-11-10-15-21-13-8-7-9-14-21/h7-9,12-14,16-17,19,24H,10-11,15,18,20H2,1-6H3,(H2-,31,32,34,35,36)/p+1. The molecule has 2 atom stereocenters. The molecule has 228 valence electrons. The first-order valence-electron chi connectivity index (χ1n) is 13.6. The van der Waals surface area contributed by atoms with Crippen LogP contribution in [-0.2, 0) is 29.8 Å². The Labute approximate surface area is 247 Å². The van der Waals surface area contributed by atoms with Gasteiger partial charge in [-0.15, -0.1) is 9.52 Å². The maximum Gasteiger partial charge on any atom is 0.509 e. The van der Waals surface area contributed by atoms with Crippen molar-refractivity contribution in [2.75, 3.05) is 17.7 Å². The third kappa shape index (κ3) is 12.4. The maximum atomic E-state index is 13.1. The van der Waals surface area contributed by atoms with E-state index in [0.717, 1.165) is 17.7 Å². The first-order valence-corrected chi connectivity index (χ1v) is 15.0. The van der Waals surface area contributed by atoms with Crippen molar-refractivity contribution in [3.8, 4) is 0 Å². The number of benzene rings is 2. The number of guanidine groups is 1. The first-order chi connectivity index (χ1) is 19.6. The smallest absolute Gasteiger partial charge is 0.481 e. The van der Waals surface area contributed by atoms with E-state index in [-0.39, 0.29) is 24.0 Å². The van der Waals surface area contributed by atoms with Crippen LogP contribution in [0.2, 0.25) is 0 Å². The number of aliphatic imine (C=N–C) groups is 1. The quantitative estimate of drug-likeness (QED) is 0.125. The Morgan fingerprint density at radius 1 is 0.952 bits per heavy atom. The molecule has 3 N–H and O–H groups in total. The number of carbonyl (C=O) groups is 3. The fraction of sp³-hybridized carbons (Fsp3) is 0.467. The van der Waals surface area contributed by atoms with Gasteiger partial charge in [-0.25, -0.2) is 14.5 Å². The Morgan fingerprint density at radius 3 is 2.19 bits per heavy atom. The van der Waals surface area contributed by atoms with Crippen LogP contribution in [0, 0.1) is 0 Å². The van der Waals surface area contributed by atoms with Crippen LogP contribution in [-0.4, -0.2) is 53.2 Å². The molecule has 2 aromatic rings. The van der Waals surface area contributed by atoms with Gasteiger partial charge in [0.2, 0.25) is 5.96 Å². The van der Waals surface area contributed by atoms with E-state index in [4.69, 9.17) is 19.7 Å². The lowest BCUT2D eigenvalue weighted by Crippen LogP contribution is -2.45. The first kappa shape index (κ1) is 34.4. The number of ether oxygens (including phenoxy) is 2. The van der Waals surface area contributed by atoms with E-state index in [1.165, 1.54) is 29.8 Å². The highest BCUT2D eigenvalue weighted by atomic mass is 31.1. The third-order valence-electron chi connectivity index (χ3n) is 5.50. The molecule has 2 rings (SSSR count). The molecule has 12 heteroatoms. The molecule has 0 aliphatic heterocycles. The number of carboxylic acid groups (broad SMARTS) is 1. The van der Waals surface area contributed by atoms with E-state index in [1.54, 1.807) is 41.5 Å². The predicted molar refractivity (Wildman–Crippen MR) is 161 cm³/mol. The van der Waals surface area contributed by atoms with E-state index in [1.807, 2.05) is 30.3 Å². The maximum absolute atomic E-state index is 13.1. The fourth-order valence-corrected chi connectivity index (χ4v) is 4.82. The van der Waals surface area contributed by atoms with Crippen molar-refractivity contribution in [3.05, 3.63) is 65.7 Å². The van der Waals surface area contributed by atoms with Gasteiger partial charge in [0.1, 0.15) is 23.7 Å². The zero-order valence-electron chi connectivity index (χ0n) is 25.0. The molecule has 42 heavy (non-hydrogen) atoms. The van der Waals surface area contributed by atoms with Gasteiger partial charge in [-0.1, -0.05) is 42.5 Å². The zero-order valence-corrected chi connectivity index (χ0v) is 25.9. The number of rotatable bonds is 11. The highest BCUT2D eigenvalue weighted by Crippen LogP contribution is 2.33. The SMILES string of the molecule is CC(C)(C)OC(=O)N=C(N)N(C(=O)OC(C)(C)C)c1cccc(C(C[P+](=O)OCCCCc2ccccc2)C(=O)O)c1. The molecule has 0 aliphatic carbocycles. The summed E-state index contributed by atoms with van der Waals surface area (Å²) in [4.78, 5) is 42.2. The molecule has 0 saturated heterocycles. The van der Waals surface area contributed by atoms with Crippen molar-refractivity contribution in [1.29, 1.82) is 0 Å². The molecule has 0 fully saturated rings. The molecule has 0 spiro atoms. The number of nitrogens with zero attached hydrogens (tertiary/aromatic N) is 2. The Morgan fingerprint density at radius 2 is 1.60 bits per heavy atom. The van der Waals surface area contributed by atoms with Crippen LogP contribution >= 0.6 is 8.03 Å². The van der Waals surface area contributed by atoms with Crippen LogP contribution in [0.15, 0.2) is 59.6 Å². The molecule has 0 aromatic heterocycles. The number of carboxylic acids is 1. The summed E-state index contributed by atoms with van der Waals surface area (Å²) < 4.78 is 28.8. The molecule has 0 bridgehead atoms. The average molecular weight is 603 g/mol. The van der Waals surface area contributed by atoms with Gasteiger partial charge >= 0.3 is 26.2 Å². The van der Waals surface area contributed by atoms with Gasteiger partial charge in [0.05, 0.1) is 5.69 Å². The van der Waals surface area contributed by atoms with Crippen molar-refractivity contribution in [1.82, 2.24) is 0 Å². The van der Waals surface area contributed by atoms with Crippen LogP contribution in [0.3, 0.4) is 0 Å². The number of anilines is 1. The lowest BCUT2D eigenvalue weighted by atomic mass is 10.0. The number of unbranched alkanes of at least 4 members (excludes halogenated alkanes) is 1. The summed E-state index contributed by atoms with van der Waals surface area (Å²) in [5, 5.41) is 9.94. The molecule has 0 aliphatic rings.